The molecule has 0 saturated heterocycles. The standard InChI is InChI=1S/C18H21N5O4/c1-10(2)23-16-14(8-19-23)13(6-11(3)20-16)17(25)27-9-12-7-15(24)22(5)18(26)21(12)4/h6-8,10H,9H2,1-5H3. The van der Waals surface area contributed by atoms with E-state index in [9.17, 15) is 14.4 Å². The minimum Gasteiger partial charge on any atom is -0.456 e. The quantitative estimate of drug-likeness (QED) is 0.636. The Bertz CT molecular complexity index is 1150. The van der Waals surface area contributed by atoms with E-state index in [1.807, 2.05) is 13.8 Å². The van der Waals surface area contributed by atoms with Gasteiger partial charge in [0.25, 0.3) is 5.56 Å². The first-order valence-corrected chi connectivity index (χ1v) is 8.48. The second-order valence-corrected chi connectivity index (χ2v) is 6.68. The van der Waals surface area contributed by atoms with Crippen LogP contribution < -0.4 is 11.2 Å². The van der Waals surface area contributed by atoms with Crippen molar-refractivity contribution in [1.82, 2.24) is 23.9 Å². The molecule has 0 N–H and O–H groups in total. The van der Waals surface area contributed by atoms with E-state index in [1.165, 1.54) is 24.7 Å². The van der Waals surface area contributed by atoms with Crippen LogP contribution in [0.2, 0.25) is 0 Å². The molecule has 0 aromatic carbocycles. The molecule has 0 radical (unpaired) electrons. The van der Waals surface area contributed by atoms with Gasteiger partial charge in [-0.2, -0.15) is 5.10 Å². The van der Waals surface area contributed by atoms with E-state index in [1.54, 1.807) is 23.9 Å². The minimum atomic E-state index is -0.568. The maximum absolute atomic E-state index is 12.7. The molecule has 3 aromatic heterocycles. The third-order valence-electron chi connectivity index (χ3n) is 4.38. The first kappa shape index (κ1) is 18.6. The van der Waals surface area contributed by atoms with Crippen LogP contribution in [0.25, 0.3) is 11.0 Å². The molecule has 3 heterocycles. The lowest BCUT2D eigenvalue weighted by molar-refractivity contribution is 0.0465. The molecule has 0 fully saturated rings. The van der Waals surface area contributed by atoms with Crippen molar-refractivity contribution in [2.24, 2.45) is 14.1 Å². The number of hydrogen-bond donors (Lipinski definition) is 0. The summed E-state index contributed by atoms with van der Waals surface area (Å²) >= 11 is 0. The summed E-state index contributed by atoms with van der Waals surface area (Å²) in [5.41, 5.74) is 1.00. The minimum absolute atomic E-state index is 0.0933. The summed E-state index contributed by atoms with van der Waals surface area (Å²) in [5, 5.41) is 4.90. The summed E-state index contributed by atoms with van der Waals surface area (Å²) in [6, 6.07) is 3.01. The van der Waals surface area contributed by atoms with Gasteiger partial charge in [0.2, 0.25) is 0 Å². The molecule has 0 saturated carbocycles. The van der Waals surface area contributed by atoms with Gasteiger partial charge < -0.3 is 4.74 Å². The van der Waals surface area contributed by atoms with Crippen molar-refractivity contribution >= 4 is 17.0 Å². The van der Waals surface area contributed by atoms with Crippen LogP contribution in [0.5, 0.6) is 0 Å². The number of rotatable bonds is 4. The lowest BCUT2D eigenvalue weighted by Crippen LogP contribution is -2.38. The highest BCUT2D eigenvalue weighted by Crippen LogP contribution is 2.22. The van der Waals surface area contributed by atoms with Gasteiger partial charge in [-0.15, -0.1) is 0 Å². The first-order valence-electron chi connectivity index (χ1n) is 8.48. The molecule has 0 atom stereocenters. The zero-order valence-corrected chi connectivity index (χ0v) is 15.9. The first-order chi connectivity index (χ1) is 12.7. The zero-order valence-electron chi connectivity index (χ0n) is 15.9. The molecule has 3 rings (SSSR count). The number of carbonyl (C=O) groups is 1. The van der Waals surface area contributed by atoms with Crippen molar-refractivity contribution in [2.75, 3.05) is 0 Å². The third-order valence-corrected chi connectivity index (χ3v) is 4.38. The van der Waals surface area contributed by atoms with Crippen LogP contribution in [0.3, 0.4) is 0 Å². The van der Waals surface area contributed by atoms with Crippen LogP contribution in [0.4, 0.5) is 0 Å². The fourth-order valence-corrected chi connectivity index (χ4v) is 2.82. The maximum atomic E-state index is 12.7. The number of aryl methyl sites for hydroxylation is 1. The molecule has 27 heavy (non-hydrogen) atoms. The summed E-state index contributed by atoms with van der Waals surface area (Å²) in [4.78, 5) is 40.9. The number of ether oxygens (including phenoxy) is 1. The molecule has 0 bridgehead atoms. The summed E-state index contributed by atoms with van der Waals surface area (Å²) < 4.78 is 9.37. The Kier molecular flexibility index (Phi) is 4.69. The number of hydrogen-bond acceptors (Lipinski definition) is 6. The number of carbonyl (C=O) groups excluding carboxylic acids is 1. The molecule has 0 aliphatic heterocycles. The van der Waals surface area contributed by atoms with Crippen LogP contribution in [0, 0.1) is 6.92 Å². The summed E-state index contributed by atoms with van der Waals surface area (Å²) in [7, 11) is 2.91. The highest BCUT2D eigenvalue weighted by molar-refractivity contribution is 6.02. The van der Waals surface area contributed by atoms with E-state index < -0.39 is 17.2 Å². The third kappa shape index (κ3) is 3.27. The van der Waals surface area contributed by atoms with Gasteiger partial charge in [-0.1, -0.05) is 0 Å². The largest absolute Gasteiger partial charge is 0.456 e. The molecule has 9 nitrogen and oxygen atoms in total. The number of esters is 1. The van der Waals surface area contributed by atoms with Crippen molar-refractivity contribution in [3.63, 3.8) is 0 Å². The maximum Gasteiger partial charge on any atom is 0.339 e. The molecule has 3 aromatic rings. The van der Waals surface area contributed by atoms with Crippen LogP contribution in [0.1, 0.15) is 41.6 Å². The van der Waals surface area contributed by atoms with Gasteiger partial charge in [0, 0.05) is 31.9 Å². The molecule has 0 unspecified atom stereocenters. The summed E-state index contributed by atoms with van der Waals surface area (Å²) in [6.07, 6.45) is 1.59. The van der Waals surface area contributed by atoms with E-state index in [0.717, 1.165) is 4.57 Å². The average Bonchev–Trinajstić information content (AvgIpc) is 3.04. The van der Waals surface area contributed by atoms with Gasteiger partial charge in [-0.25, -0.2) is 19.3 Å². The molecule has 9 heteroatoms. The molecule has 0 aliphatic carbocycles. The Balaban J connectivity index is 1.94. The Morgan fingerprint density at radius 1 is 1.19 bits per heavy atom. The van der Waals surface area contributed by atoms with Gasteiger partial charge in [-0.05, 0) is 26.8 Å². The average molecular weight is 371 g/mol. The predicted octanol–water partition coefficient (Wildman–Crippen LogP) is 1.08. The highest BCUT2D eigenvalue weighted by atomic mass is 16.5. The van der Waals surface area contributed by atoms with Gasteiger partial charge in [0.15, 0.2) is 5.65 Å². The van der Waals surface area contributed by atoms with Gasteiger partial charge in [0.05, 0.1) is 22.8 Å². The number of fused-ring (bicyclic) bond motifs is 1. The smallest absolute Gasteiger partial charge is 0.339 e. The van der Waals surface area contributed by atoms with Crippen LogP contribution in [0.15, 0.2) is 27.9 Å². The van der Waals surface area contributed by atoms with Crippen molar-refractivity contribution in [3.8, 4) is 0 Å². The number of nitrogens with zero attached hydrogens (tertiary/aromatic N) is 5. The van der Waals surface area contributed by atoms with E-state index in [-0.39, 0.29) is 12.6 Å². The van der Waals surface area contributed by atoms with E-state index >= 15 is 0 Å². The van der Waals surface area contributed by atoms with E-state index in [2.05, 4.69) is 10.1 Å². The fourth-order valence-electron chi connectivity index (χ4n) is 2.82. The molecular weight excluding hydrogens is 350 g/mol. The van der Waals surface area contributed by atoms with E-state index in [4.69, 9.17) is 4.74 Å². The van der Waals surface area contributed by atoms with Crippen molar-refractivity contribution < 1.29 is 9.53 Å². The SMILES string of the molecule is Cc1cc(C(=O)OCc2cc(=O)n(C)c(=O)n2C)c2cnn(C(C)C)c2n1. The van der Waals surface area contributed by atoms with Crippen LogP contribution in [-0.4, -0.2) is 29.9 Å². The lowest BCUT2D eigenvalue weighted by atomic mass is 10.1. The Hall–Kier alpha value is -3.23. The lowest BCUT2D eigenvalue weighted by Gasteiger charge is -2.11. The van der Waals surface area contributed by atoms with Crippen molar-refractivity contribution in [3.05, 3.63) is 56.1 Å². The summed E-state index contributed by atoms with van der Waals surface area (Å²) in [6.45, 7) is 5.55. The number of aromatic nitrogens is 5. The monoisotopic (exact) mass is 371 g/mol. The Morgan fingerprint density at radius 3 is 2.56 bits per heavy atom. The normalized spacial score (nSPS) is 11.3. The van der Waals surface area contributed by atoms with Gasteiger partial charge >= 0.3 is 11.7 Å². The summed E-state index contributed by atoms with van der Waals surface area (Å²) in [5.74, 6) is -0.568. The second kappa shape index (κ2) is 6.82. The zero-order chi connectivity index (χ0) is 19.9. The Morgan fingerprint density at radius 2 is 1.89 bits per heavy atom. The predicted molar refractivity (Wildman–Crippen MR) is 98.7 cm³/mol. The molecule has 142 valence electrons. The van der Waals surface area contributed by atoms with E-state index in [0.29, 0.717) is 28.0 Å². The highest BCUT2D eigenvalue weighted by Gasteiger charge is 2.18. The van der Waals surface area contributed by atoms with Crippen LogP contribution >= 0.6 is 0 Å². The van der Waals surface area contributed by atoms with Gasteiger partial charge in [0.1, 0.15) is 6.61 Å². The number of pyridine rings is 1. The topological polar surface area (TPSA) is 101 Å². The van der Waals surface area contributed by atoms with Crippen LogP contribution in [-0.2, 0) is 25.4 Å². The Labute approximate surface area is 154 Å². The van der Waals surface area contributed by atoms with Gasteiger partial charge in [-0.3, -0.25) is 13.9 Å². The van der Waals surface area contributed by atoms with Crippen molar-refractivity contribution in [2.45, 2.75) is 33.4 Å². The molecular formula is C18H21N5O4. The molecule has 0 amide bonds. The molecule has 0 aliphatic rings. The molecule has 0 spiro atoms. The van der Waals surface area contributed by atoms with Crippen molar-refractivity contribution in [1.29, 1.82) is 0 Å². The fraction of sp³-hybridized carbons (Fsp3) is 0.389. The second-order valence-electron chi connectivity index (χ2n) is 6.68.